The summed E-state index contributed by atoms with van der Waals surface area (Å²) in [6.45, 7) is 1.85. The summed E-state index contributed by atoms with van der Waals surface area (Å²) in [6.07, 6.45) is 0. The maximum absolute atomic E-state index is 10.7. The molecule has 7 heteroatoms. The molecule has 0 aromatic carbocycles. The second kappa shape index (κ2) is 5.32. The highest BCUT2D eigenvalue weighted by Gasteiger charge is 2.05. The number of nitrogens with one attached hydrogen (secondary N) is 2. The molecule has 0 radical (unpaired) electrons. The zero-order chi connectivity index (χ0) is 12.1. The lowest BCUT2D eigenvalue weighted by Gasteiger charge is -2.10. The molecule has 1 aromatic heterocycles. The van der Waals surface area contributed by atoms with Crippen molar-refractivity contribution in [2.45, 2.75) is 6.92 Å². The number of nitrogens with two attached hydrogens (primary N) is 1. The average Bonchev–Trinajstić information content (AvgIpc) is 2.21. The van der Waals surface area contributed by atoms with Crippen molar-refractivity contribution in [3.63, 3.8) is 0 Å². The van der Waals surface area contributed by atoms with Gasteiger partial charge >= 0.3 is 6.03 Å². The molecule has 0 atom stereocenters. The van der Waals surface area contributed by atoms with Crippen molar-refractivity contribution in [3.8, 4) is 0 Å². The highest BCUT2D eigenvalue weighted by molar-refractivity contribution is 6.29. The number of amides is 2. The molecule has 2 amide bonds. The number of hydrogen-bond donors (Lipinski definition) is 3. The maximum Gasteiger partial charge on any atom is 0.318 e. The molecule has 0 bridgehead atoms. The second-order valence-corrected chi connectivity index (χ2v) is 3.37. The predicted molar refractivity (Wildman–Crippen MR) is 63.7 cm³/mol. The molecule has 0 spiro atoms. The van der Waals surface area contributed by atoms with Gasteiger partial charge in [0.1, 0.15) is 11.0 Å². The van der Waals surface area contributed by atoms with Gasteiger partial charge in [0.25, 0.3) is 0 Å². The van der Waals surface area contributed by atoms with Crippen LogP contribution in [0.2, 0.25) is 5.15 Å². The van der Waals surface area contributed by atoms with E-state index in [1.165, 1.54) is 7.05 Å². The largest absolute Gasteiger partial charge is 0.351 e. The van der Waals surface area contributed by atoms with Crippen molar-refractivity contribution in [2.75, 3.05) is 12.4 Å². The number of rotatable bonds is 1. The summed E-state index contributed by atoms with van der Waals surface area (Å²) < 4.78 is 0. The van der Waals surface area contributed by atoms with Crippen molar-refractivity contribution in [3.05, 3.63) is 22.8 Å². The van der Waals surface area contributed by atoms with Crippen LogP contribution in [0.3, 0.4) is 0 Å². The molecule has 1 heterocycles. The van der Waals surface area contributed by atoms with E-state index >= 15 is 0 Å². The first-order valence-corrected chi connectivity index (χ1v) is 4.84. The van der Waals surface area contributed by atoms with E-state index in [4.69, 9.17) is 17.3 Å². The number of carbonyl (C=O) groups excluding carboxylic acids is 1. The number of anilines is 1. The second-order valence-electron chi connectivity index (χ2n) is 2.99. The van der Waals surface area contributed by atoms with Gasteiger partial charge in [0.05, 0.1) is 0 Å². The number of urea groups is 1. The van der Waals surface area contributed by atoms with Gasteiger partial charge in [-0.05, 0) is 18.6 Å². The molecule has 0 aliphatic rings. The van der Waals surface area contributed by atoms with Crippen molar-refractivity contribution in [1.82, 2.24) is 10.3 Å². The zero-order valence-electron chi connectivity index (χ0n) is 8.91. The quantitative estimate of drug-likeness (QED) is 0.391. The summed E-state index contributed by atoms with van der Waals surface area (Å²) in [7, 11) is 1.51. The minimum absolute atomic E-state index is 0.213. The Morgan fingerprint density at radius 3 is 2.81 bits per heavy atom. The fourth-order valence-corrected chi connectivity index (χ4v) is 1.15. The van der Waals surface area contributed by atoms with E-state index in [0.717, 1.165) is 5.56 Å². The van der Waals surface area contributed by atoms with Crippen LogP contribution in [0.15, 0.2) is 17.1 Å². The maximum atomic E-state index is 10.7. The van der Waals surface area contributed by atoms with Crippen LogP contribution in [-0.4, -0.2) is 24.0 Å². The van der Waals surface area contributed by atoms with E-state index in [1.54, 1.807) is 12.1 Å². The summed E-state index contributed by atoms with van der Waals surface area (Å²) in [5, 5.41) is 5.48. The molecule has 0 aliphatic heterocycles. The average molecular weight is 242 g/mol. The van der Waals surface area contributed by atoms with Gasteiger partial charge in [0.15, 0.2) is 0 Å². The Hall–Kier alpha value is -1.82. The molecule has 0 aliphatic carbocycles. The Labute approximate surface area is 97.9 Å². The summed E-state index contributed by atoms with van der Waals surface area (Å²) in [5.41, 5.74) is 5.85. The molecular formula is C9H12ClN5O. The fourth-order valence-electron chi connectivity index (χ4n) is 1.00. The van der Waals surface area contributed by atoms with Crippen LogP contribution in [0.5, 0.6) is 0 Å². The van der Waals surface area contributed by atoms with Gasteiger partial charge in [0, 0.05) is 7.05 Å². The van der Waals surface area contributed by atoms with Gasteiger partial charge in [-0.25, -0.2) is 9.78 Å². The van der Waals surface area contributed by atoms with E-state index in [2.05, 4.69) is 20.6 Å². The van der Waals surface area contributed by atoms with Gasteiger partial charge in [-0.3, -0.25) is 10.3 Å². The summed E-state index contributed by atoms with van der Waals surface area (Å²) in [4.78, 5) is 18.5. The molecule has 1 aromatic rings. The fraction of sp³-hybridized carbons (Fsp3) is 0.222. The van der Waals surface area contributed by atoms with Gasteiger partial charge in [-0.2, -0.15) is 0 Å². The number of hydrogen-bond acceptors (Lipinski definition) is 3. The lowest BCUT2D eigenvalue weighted by atomic mass is 10.3. The molecule has 0 fully saturated rings. The number of aryl methyl sites for hydroxylation is 1. The lowest BCUT2D eigenvalue weighted by molar-refractivity contribution is 0.253. The van der Waals surface area contributed by atoms with E-state index < -0.39 is 6.03 Å². The predicted octanol–water partition coefficient (Wildman–Crippen LogP) is 1.11. The van der Waals surface area contributed by atoms with E-state index in [0.29, 0.717) is 11.0 Å². The van der Waals surface area contributed by atoms with E-state index in [-0.39, 0.29) is 5.96 Å². The Morgan fingerprint density at radius 2 is 2.25 bits per heavy atom. The molecule has 6 nitrogen and oxygen atoms in total. The lowest BCUT2D eigenvalue weighted by Crippen LogP contribution is -2.39. The highest BCUT2D eigenvalue weighted by Crippen LogP contribution is 2.14. The molecule has 0 saturated heterocycles. The van der Waals surface area contributed by atoms with E-state index in [9.17, 15) is 4.79 Å². The number of guanidine groups is 1. The first kappa shape index (κ1) is 12.3. The van der Waals surface area contributed by atoms with Crippen LogP contribution < -0.4 is 16.4 Å². The van der Waals surface area contributed by atoms with Crippen LogP contribution in [0, 0.1) is 6.92 Å². The molecule has 0 unspecified atom stereocenters. The van der Waals surface area contributed by atoms with Crippen molar-refractivity contribution in [2.24, 2.45) is 10.7 Å². The number of nitrogens with zero attached hydrogens (tertiary/aromatic N) is 2. The number of aromatic nitrogens is 1. The summed E-state index contributed by atoms with van der Waals surface area (Å²) >= 11 is 5.75. The van der Waals surface area contributed by atoms with Gasteiger partial charge in [-0.1, -0.05) is 17.7 Å². The van der Waals surface area contributed by atoms with Crippen LogP contribution in [-0.2, 0) is 0 Å². The number of primary amides is 1. The number of aliphatic imine (C=N–C) groups is 1. The molecule has 86 valence electrons. The third-order valence-corrected chi connectivity index (χ3v) is 1.98. The third kappa shape index (κ3) is 3.39. The topological polar surface area (TPSA) is 92.4 Å². The first-order valence-electron chi connectivity index (χ1n) is 4.46. The Kier molecular flexibility index (Phi) is 4.07. The van der Waals surface area contributed by atoms with E-state index in [1.807, 2.05) is 6.92 Å². The normalized spacial score (nSPS) is 11.1. The van der Waals surface area contributed by atoms with Crippen LogP contribution in [0.25, 0.3) is 0 Å². The van der Waals surface area contributed by atoms with Crippen molar-refractivity contribution >= 4 is 29.4 Å². The van der Waals surface area contributed by atoms with Crippen molar-refractivity contribution in [1.29, 1.82) is 0 Å². The first-order chi connectivity index (χ1) is 7.52. The minimum Gasteiger partial charge on any atom is -0.351 e. The van der Waals surface area contributed by atoms with Crippen LogP contribution in [0.1, 0.15) is 5.56 Å². The Bertz CT molecular complexity index is 432. The van der Waals surface area contributed by atoms with Crippen LogP contribution >= 0.6 is 11.6 Å². The summed E-state index contributed by atoms with van der Waals surface area (Å²) in [6, 6.07) is 2.77. The Balaban J connectivity index is 2.86. The number of pyridine rings is 1. The van der Waals surface area contributed by atoms with Crippen LogP contribution in [0.4, 0.5) is 10.6 Å². The number of halogens is 1. The number of carbonyl (C=O) groups is 1. The molecular weight excluding hydrogens is 230 g/mol. The Morgan fingerprint density at radius 1 is 1.56 bits per heavy atom. The smallest absolute Gasteiger partial charge is 0.318 e. The molecule has 16 heavy (non-hydrogen) atoms. The molecule has 4 N–H and O–H groups in total. The van der Waals surface area contributed by atoms with Gasteiger partial charge in [0.2, 0.25) is 5.96 Å². The van der Waals surface area contributed by atoms with Crippen molar-refractivity contribution < 1.29 is 4.79 Å². The van der Waals surface area contributed by atoms with Gasteiger partial charge < -0.3 is 11.1 Å². The van der Waals surface area contributed by atoms with Gasteiger partial charge in [-0.15, -0.1) is 0 Å². The summed E-state index contributed by atoms with van der Waals surface area (Å²) in [5.74, 6) is 0.729. The zero-order valence-corrected chi connectivity index (χ0v) is 9.67. The molecule has 0 saturated carbocycles. The minimum atomic E-state index is -0.701. The molecule has 1 rings (SSSR count). The monoisotopic (exact) mass is 241 g/mol. The SMILES string of the molecule is CN=C(NC(N)=O)Nc1nc(Cl)ccc1C. The third-order valence-electron chi connectivity index (χ3n) is 1.77. The highest BCUT2D eigenvalue weighted by atomic mass is 35.5. The standard InChI is InChI=1S/C9H12ClN5O/c1-5-3-4-6(10)13-7(5)14-9(12-2)15-8(11)16/h3-4H,1-2H3,(H4,11,12,13,14,15,16).